The summed E-state index contributed by atoms with van der Waals surface area (Å²) in [7, 11) is 0. The monoisotopic (exact) mass is 270 g/mol. The van der Waals surface area contributed by atoms with Gasteiger partial charge in [-0.2, -0.15) is 8.78 Å². The number of carbonyl (C=O) groups excluding carboxylic acids is 1. The van der Waals surface area contributed by atoms with Crippen LogP contribution in [0.5, 0.6) is 5.75 Å². The molecule has 0 fully saturated rings. The molecule has 4 N–H and O–H groups in total. The van der Waals surface area contributed by atoms with Gasteiger partial charge in [0.2, 0.25) is 34.8 Å². The van der Waals surface area contributed by atoms with E-state index >= 15 is 0 Å². The van der Waals surface area contributed by atoms with E-state index < -0.39 is 53.4 Å². The lowest BCUT2D eigenvalue weighted by atomic mass is 10.2. The van der Waals surface area contributed by atoms with Gasteiger partial charge < -0.3 is 16.2 Å². The molecule has 1 atom stereocenters. The quantitative estimate of drug-likeness (QED) is 0.277. The molecule has 0 saturated heterocycles. The van der Waals surface area contributed by atoms with Crippen LogP contribution in [0.2, 0.25) is 0 Å². The number of benzene rings is 1. The van der Waals surface area contributed by atoms with Gasteiger partial charge >= 0.3 is 5.97 Å². The maximum Gasteiger partial charge on any atom is 0.329 e. The van der Waals surface area contributed by atoms with Crippen molar-refractivity contribution >= 4 is 5.97 Å². The van der Waals surface area contributed by atoms with Gasteiger partial charge in [0, 0.05) is 6.54 Å². The lowest BCUT2D eigenvalue weighted by Crippen LogP contribution is -2.40. The van der Waals surface area contributed by atoms with Gasteiger partial charge in [-0.1, -0.05) is 0 Å². The summed E-state index contributed by atoms with van der Waals surface area (Å²) >= 11 is 0. The Morgan fingerprint density at radius 1 is 1.00 bits per heavy atom. The third-order valence-corrected chi connectivity index (χ3v) is 1.93. The Labute approximate surface area is 97.3 Å². The van der Waals surface area contributed by atoms with Crippen LogP contribution in [0.1, 0.15) is 0 Å². The lowest BCUT2D eigenvalue weighted by molar-refractivity contribution is -0.136. The maximum atomic E-state index is 13.1. The Morgan fingerprint density at radius 2 is 1.39 bits per heavy atom. The fourth-order valence-corrected chi connectivity index (χ4v) is 0.947. The fourth-order valence-electron chi connectivity index (χ4n) is 0.947. The summed E-state index contributed by atoms with van der Waals surface area (Å²) in [5, 5.41) is 0. The third kappa shape index (κ3) is 2.41. The molecule has 0 radical (unpaired) electrons. The summed E-state index contributed by atoms with van der Waals surface area (Å²) in [5.74, 6) is -14.4. The highest BCUT2D eigenvalue weighted by atomic mass is 19.2. The molecule has 9 heteroatoms. The normalized spacial score (nSPS) is 12.4. The summed E-state index contributed by atoms with van der Waals surface area (Å²) in [6.45, 7) is -0.422. The zero-order chi connectivity index (χ0) is 14.0. The predicted octanol–water partition coefficient (Wildman–Crippen LogP) is 0.573. The number of rotatable bonds is 3. The number of carbonyl (C=O) groups is 1. The molecule has 100 valence electrons. The van der Waals surface area contributed by atoms with E-state index in [-0.39, 0.29) is 0 Å². The third-order valence-electron chi connectivity index (χ3n) is 1.93. The molecule has 0 spiro atoms. The van der Waals surface area contributed by atoms with Crippen molar-refractivity contribution in [3.8, 4) is 5.75 Å². The van der Waals surface area contributed by atoms with Gasteiger partial charge in [0.1, 0.15) is 6.04 Å². The van der Waals surface area contributed by atoms with E-state index in [1.165, 1.54) is 0 Å². The molecule has 0 aromatic heterocycles. The van der Waals surface area contributed by atoms with Gasteiger partial charge in [-0.25, -0.2) is 18.0 Å². The number of nitrogens with two attached hydrogens (primary N) is 2. The molecular formula is C9H7F5N2O2. The largest absolute Gasteiger partial charge is 0.419 e. The van der Waals surface area contributed by atoms with E-state index in [2.05, 4.69) is 4.74 Å². The molecule has 1 rings (SSSR count). The van der Waals surface area contributed by atoms with E-state index in [0.29, 0.717) is 0 Å². The van der Waals surface area contributed by atoms with Gasteiger partial charge in [0.05, 0.1) is 0 Å². The zero-order valence-corrected chi connectivity index (χ0v) is 8.65. The number of esters is 1. The summed E-state index contributed by atoms with van der Waals surface area (Å²) in [6.07, 6.45) is 0. The molecule has 0 bridgehead atoms. The molecule has 0 saturated carbocycles. The highest BCUT2D eigenvalue weighted by molar-refractivity contribution is 5.78. The van der Waals surface area contributed by atoms with Crippen LogP contribution in [0, 0.1) is 29.1 Å². The van der Waals surface area contributed by atoms with Crippen LogP contribution >= 0.6 is 0 Å². The fraction of sp³-hybridized carbons (Fsp3) is 0.222. The van der Waals surface area contributed by atoms with E-state index in [1.807, 2.05) is 0 Å². The van der Waals surface area contributed by atoms with Crippen molar-refractivity contribution in [1.82, 2.24) is 0 Å². The molecule has 1 aromatic rings. The zero-order valence-electron chi connectivity index (χ0n) is 8.65. The van der Waals surface area contributed by atoms with Crippen molar-refractivity contribution in [2.75, 3.05) is 6.54 Å². The Hall–Kier alpha value is -1.74. The Balaban J connectivity index is 3.22. The summed E-state index contributed by atoms with van der Waals surface area (Å²) < 4.78 is 68.2. The predicted molar refractivity (Wildman–Crippen MR) is 48.9 cm³/mol. The van der Waals surface area contributed by atoms with Gasteiger partial charge in [-0.15, -0.1) is 0 Å². The Morgan fingerprint density at radius 3 is 1.78 bits per heavy atom. The first-order chi connectivity index (χ1) is 8.31. The SMILES string of the molecule is NCC(N)C(=O)Oc1c(F)c(F)c(F)c(F)c1F. The molecule has 0 aliphatic carbocycles. The average molecular weight is 270 g/mol. The number of ether oxygens (including phenoxy) is 1. The van der Waals surface area contributed by atoms with Gasteiger partial charge in [0.15, 0.2) is 0 Å². The molecule has 1 unspecified atom stereocenters. The van der Waals surface area contributed by atoms with Crippen LogP contribution in [0.3, 0.4) is 0 Å². The summed E-state index contributed by atoms with van der Waals surface area (Å²) in [5.41, 5.74) is 10.0. The van der Waals surface area contributed by atoms with E-state index in [4.69, 9.17) is 11.5 Å². The average Bonchev–Trinajstić information content (AvgIpc) is 2.37. The van der Waals surface area contributed by atoms with Crippen LogP contribution < -0.4 is 16.2 Å². The second kappa shape index (κ2) is 5.27. The Kier molecular flexibility index (Phi) is 4.19. The second-order valence-electron chi connectivity index (χ2n) is 3.16. The second-order valence-corrected chi connectivity index (χ2v) is 3.16. The molecule has 4 nitrogen and oxygen atoms in total. The first-order valence-corrected chi connectivity index (χ1v) is 4.50. The van der Waals surface area contributed by atoms with E-state index in [1.54, 1.807) is 0 Å². The lowest BCUT2D eigenvalue weighted by Gasteiger charge is -2.11. The van der Waals surface area contributed by atoms with Crippen molar-refractivity contribution in [2.45, 2.75) is 6.04 Å². The van der Waals surface area contributed by atoms with E-state index in [9.17, 15) is 26.7 Å². The standard InChI is InChI=1S/C9H7F5N2O2/c10-3-4(11)6(13)8(7(14)5(3)12)18-9(17)2(16)1-15/h2H,1,15-16H2. The molecule has 0 aliphatic heterocycles. The highest BCUT2D eigenvalue weighted by Crippen LogP contribution is 2.29. The molecule has 0 amide bonds. The van der Waals surface area contributed by atoms with Crippen molar-refractivity contribution in [2.24, 2.45) is 11.5 Å². The van der Waals surface area contributed by atoms with Crippen LogP contribution in [0.4, 0.5) is 22.0 Å². The summed E-state index contributed by atoms with van der Waals surface area (Å²) in [6, 6.07) is -1.44. The van der Waals surface area contributed by atoms with Crippen LogP contribution in [0.15, 0.2) is 0 Å². The molecule has 0 aliphatic rings. The maximum absolute atomic E-state index is 13.1. The van der Waals surface area contributed by atoms with Crippen LogP contribution in [0.25, 0.3) is 0 Å². The van der Waals surface area contributed by atoms with Gasteiger partial charge in [-0.05, 0) is 0 Å². The van der Waals surface area contributed by atoms with Crippen molar-refractivity contribution in [1.29, 1.82) is 0 Å². The van der Waals surface area contributed by atoms with Crippen molar-refractivity contribution in [3.63, 3.8) is 0 Å². The molecule has 1 aromatic carbocycles. The smallest absolute Gasteiger partial charge is 0.329 e. The van der Waals surface area contributed by atoms with Gasteiger partial charge in [0.25, 0.3) is 0 Å². The topological polar surface area (TPSA) is 78.3 Å². The van der Waals surface area contributed by atoms with Crippen molar-refractivity contribution < 1.29 is 31.5 Å². The number of hydrogen-bond donors (Lipinski definition) is 2. The number of halogens is 5. The molecule has 0 heterocycles. The minimum absolute atomic E-state index is 0.422. The first-order valence-electron chi connectivity index (χ1n) is 4.50. The minimum Gasteiger partial charge on any atom is -0.419 e. The van der Waals surface area contributed by atoms with Gasteiger partial charge in [-0.3, -0.25) is 0 Å². The molecular weight excluding hydrogens is 263 g/mol. The van der Waals surface area contributed by atoms with E-state index in [0.717, 1.165) is 0 Å². The minimum atomic E-state index is -2.35. The number of hydrogen-bond acceptors (Lipinski definition) is 4. The van der Waals surface area contributed by atoms with Crippen LogP contribution in [-0.2, 0) is 4.79 Å². The summed E-state index contributed by atoms with van der Waals surface area (Å²) in [4.78, 5) is 11.1. The van der Waals surface area contributed by atoms with Crippen molar-refractivity contribution in [3.05, 3.63) is 29.1 Å². The highest BCUT2D eigenvalue weighted by Gasteiger charge is 2.29. The Bertz CT molecular complexity index is 465. The molecule has 18 heavy (non-hydrogen) atoms. The van der Waals surface area contributed by atoms with Crippen LogP contribution in [-0.4, -0.2) is 18.6 Å². The first kappa shape index (κ1) is 14.3.